The maximum absolute atomic E-state index is 5.29. The number of pyridine rings is 1. The van der Waals surface area contributed by atoms with Crippen LogP contribution < -0.4 is 0 Å². The number of epoxide rings is 1. The van der Waals surface area contributed by atoms with Gasteiger partial charge in [-0.25, -0.2) is 0 Å². The van der Waals surface area contributed by atoms with E-state index >= 15 is 0 Å². The van der Waals surface area contributed by atoms with E-state index in [4.69, 9.17) is 4.74 Å². The highest BCUT2D eigenvalue weighted by molar-refractivity contribution is 5.20. The van der Waals surface area contributed by atoms with Crippen LogP contribution in [0.15, 0.2) is 37.2 Å². The van der Waals surface area contributed by atoms with E-state index < -0.39 is 0 Å². The zero-order valence-corrected chi connectivity index (χ0v) is 6.10. The highest BCUT2D eigenvalue weighted by atomic mass is 16.6. The van der Waals surface area contributed by atoms with E-state index in [1.54, 1.807) is 6.20 Å². The van der Waals surface area contributed by atoms with E-state index in [1.165, 1.54) is 0 Å². The minimum atomic E-state index is 0.208. The molecular weight excluding hydrogens is 138 g/mol. The van der Waals surface area contributed by atoms with Gasteiger partial charge in [-0.15, -0.1) is 6.58 Å². The van der Waals surface area contributed by atoms with Crippen molar-refractivity contribution < 1.29 is 4.74 Å². The standard InChI is InChI=1S/C9H9NO/c1-2-8-9(11-8)7-4-3-5-10-6-7/h2-6,8-9H,1H2/t8-,9-/m1/s1. The molecule has 1 aromatic rings. The maximum atomic E-state index is 5.29. The molecule has 0 bridgehead atoms. The van der Waals surface area contributed by atoms with Gasteiger partial charge in [0.1, 0.15) is 12.2 Å². The fraction of sp³-hybridized carbons (Fsp3) is 0.222. The first-order valence-electron chi connectivity index (χ1n) is 3.60. The quantitative estimate of drug-likeness (QED) is 0.470. The van der Waals surface area contributed by atoms with Crippen molar-refractivity contribution in [2.24, 2.45) is 0 Å². The molecule has 1 aliphatic heterocycles. The van der Waals surface area contributed by atoms with E-state index in [0.717, 1.165) is 5.56 Å². The smallest absolute Gasteiger partial charge is 0.115 e. The number of hydrogen-bond donors (Lipinski definition) is 0. The molecule has 2 atom stereocenters. The number of nitrogens with zero attached hydrogens (tertiary/aromatic N) is 1. The van der Waals surface area contributed by atoms with E-state index in [0.29, 0.717) is 0 Å². The molecule has 1 fully saturated rings. The van der Waals surface area contributed by atoms with Gasteiger partial charge in [-0.3, -0.25) is 4.98 Å². The van der Waals surface area contributed by atoms with Gasteiger partial charge >= 0.3 is 0 Å². The van der Waals surface area contributed by atoms with Crippen molar-refractivity contribution in [1.82, 2.24) is 4.98 Å². The minimum Gasteiger partial charge on any atom is -0.360 e. The fourth-order valence-electron chi connectivity index (χ4n) is 1.12. The van der Waals surface area contributed by atoms with Gasteiger partial charge in [-0.1, -0.05) is 12.1 Å². The van der Waals surface area contributed by atoms with Gasteiger partial charge in [0.15, 0.2) is 0 Å². The van der Waals surface area contributed by atoms with E-state index in [2.05, 4.69) is 11.6 Å². The molecule has 0 spiro atoms. The Labute approximate surface area is 65.5 Å². The molecule has 1 aliphatic rings. The van der Waals surface area contributed by atoms with Crippen LogP contribution in [-0.2, 0) is 4.74 Å². The predicted octanol–water partition coefficient (Wildman–Crippen LogP) is 1.71. The van der Waals surface area contributed by atoms with Gasteiger partial charge in [0, 0.05) is 18.0 Å². The first-order valence-corrected chi connectivity index (χ1v) is 3.60. The molecule has 56 valence electrons. The van der Waals surface area contributed by atoms with Gasteiger partial charge in [0.2, 0.25) is 0 Å². The van der Waals surface area contributed by atoms with Gasteiger partial charge in [0.05, 0.1) is 0 Å². The van der Waals surface area contributed by atoms with Crippen molar-refractivity contribution in [1.29, 1.82) is 0 Å². The van der Waals surface area contributed by atoms with Crippen LogP contribution in [0.2, 0.25) is 0 Å². The Morgan fingerprint density at radius 3 is 3.09 bits per heavy atom. The van der Waals surface area contributed by atoms with Crippen LogP contribution in [0.1, 0.15) is 11.7 Å². The van der Waals surface area contributed by atoms with Crippen molar-refractivity contribution in [3.8, 4) is 0 Å². The molecule has 2 rings (SSSR count). The lowest BCUT2D eigenvalue weighted by Crippen LogP contribution is -1.84. The molecule has 2 heteroatoms. The van der Waals surface area contributed by atoms with Gasteiger partial charge in [0.25, 0.3) is 0 Å². The third kappa shape index (κ3) is 1.17. The Morgan fingerprint density at radius 2 is 2.55 bits per heavy atom. The summed E-state index contributed by atoms with van der Waals surface area (Å²) in [4.78, 5) is 4.00. The normalized spacial score (nSPS) is 28.0. The third-order valence-electron chi connectivity index (χ3n) is 1.77. The van der Waals surface area contributed by atoms with Crippen LogP contribution in [0, 0.1) is 0 Å². The summed E-state index contributed by atoms with van der Waals surface area (Å²) in [6.07, 6.45) is 5.82. The molecule has 0 radical (unpaired) electrons. The van der Waals surface area contributed by atoms with E-state index in [-0.39, 0.29) is 12.2 Å². The van der Waals surface area contributed by atoms with Crippen LogP contribution in [0.3, 0.4) is 0 Å². The minimum absolute atomic E-state index is 0.208. The van der Waals surface area contributed by atoms with E-state index in [9.17, 15) is 0 Å². The van der Waals surface area contributed by atoms with Crippen molar-refractivity contribution in [3.05, 3.63) is 42.7 Å². The monoisotopic (exact) mass is 147 g/mol. The molecule has 0 aromatic carbocycles. The summed E-state index contributed by atoms with van der Waals surface area (Å²) in [5.41, 5.74) is 1.14. The maximum Gasteiger partial charge on any atom is 0.115 e. The van der Waals surface area contributed by atoms with Crippen molar-refractivity contribution in [3.63, 3.8) is 0 Å². The first kappa shape index (κ1) is 6.55. The molecule has 2 heterocycles. The Bertz CT molecular complexity index is 258. The Morgan fingerprint density at radius 1 is 1.64 bits per heavy atom. The topological polar surface area (TPSA) is 25.4 Å². The number of ether oxygens (including phenoxy) is 1. The second-order valence-electron chi connectivity index (χ2n) is 2.54. The molecule has 0 unspecified atom stereocenters. The molecule has 1 aromatic heterocycles. The van der Waals surface area contributed by atoms with E-state index in [1.807, 2.05) is 24.4 Å². The summed E-state index contributed by atoms with van der Waals surface area (Å²) in [5, 5.41) is 0. The Kier molecular flexibility index (Phi) is 1.47. The van der Waals surface area contributed by atoms with Crippen molar-refractivity contribution in [2.75, 3.05) is 0 Å². The molecular formula is C9H9NO. The van der Waals surface area contributed by atoms with Crippen LogP contribution in [0.4, 0.5) is 0 Å². The van der Waals surface area contributed by atoms with Crippen molar-refractivity contribution in [2.45, 2.75) is 12.2 Å². The van der Waals surface area contributed by atoms with Crippen molar-refractivity contribution >= 4 is 0 Å². The van der Waals surface area contributed by atoms with Crippen LogP contribution >= 0.6 is 0 Å². The highest BCUT2D eigenvalue weighted by Crippen LogP contribution is 2.38. The SMILES string of the molecule is C=C[C@H]1O[C@@H]1c1cccnc1. The zero-order valence-electron chi connectivity index (χ0n) is 6.10. The Balaban J connectivity index is 2.14. The predicted molar refractivity (Wildman–Crippen MR) is 42.0 cm³/mol. The molecule has 2 nitrogen and oxygen atoms in total. The summed E-state index contributed by atoms with van der Waals surface area (Å²) < 4.78 is 5.29. The van der Waals surface area contributed by atoms with Crippen LogP contribution in [0.5, 0.6) is 0 Å². The fourth-order valence-corrected chi connectivity index (χ4v) is 1.12. The Hall–Kier alpha value is -1.15. The molecule has 0 N–H and O–H groups in total. The summed E-state index contributed by atoms with van der Waals surface area (Å²) in [5.74, 6) is 0. The van der Waals surface area contributed by atoms with Gasteiger partial charge in [-0.05, 0) is 6.07 Å². The van der Waals surface area contributed by atoms with Crippen LogP contribution in [-0.4, -0.2) is 11.1 Å². The summed E-state index contributed by atoms with van der Waals surface area (Å²) in [6.45, 7) is 3.65. The second kappa shape index (κ2) is 2.47. The summed E-state index contributed by atoms with van der Waals surface area (Å²) >= 11 is 0. The highest BCUT2D eigenvalue weighted by Gasteiger charge is 2.37. The molecule has 0 amide bonds. The molecule has 11 heavy (non-hydrogen) atoms. The van der Waals surface area contributed by atoms with Gasteiger partial charge in [-0.2, -0.15) is 0 Å². The molecule has 0 saturated carbocycles. The summed E-state index contributed by atoms with van der Waals surface area (Å²) in [6, 6.07) is 3.93. The lowest BCUT2D eigenvalue weighted by atomic mass is 10.2. The average molecular weight is 147 g/mol. The molecule has 0 aliphatic carbocycles. The average Bonchev–Trinajstić information content (AvgIpc) is 2.85. The zero-order chi connectivity index (χ0) is 7.68. The number of rotatable bonds is 2. The first-order chi connectivity index (χ1) is 5.42. The number of hydrogen-bond acceptors (Lipinski definition) is 2. The number of aromatic nitrogens is 1. The largest absolute Gasteiger partial charge is 0.360 e. The second-order valence-corrected chi connectivity index (χ2v) is 2.54. The lowest BCUT2D eigenvalue weighted by Gasteiger charge is -1.90. The van der Waals surface area contributed by atoms with Gasteiger partial charge < -0.3 is 4.74 Å². The summed E-state index contributed by atoms with van der Waals surface area (Å²) in [7, 11) is 0. The molecule has 1 saturated heterocycles. The third-order valence-corrected chi connectivity index (χ3v) is 1.77. The lowest BCUT2D eigenvalue weighted by molar-refractivity contribution is 0.394. The van der Waals surface area contributed by atoms with Crippen LogP contribution in [0.25, 0.3) is 0 Å².